The number of hydrogen-bond donors (Lipinski definition) is 1. The first-order valence-corrected chi connectivity index (χ1v) is 7.47. The van der Waals surface area contributed by atoms with Crippen molar-refractivity contribution < 1.29 is 4.74 Å². The lowest BCUT2D eigenvalue weighted by Crippen LogP contribution is -2.27. The summed E-state index contributed by atoms with van der Waals surface area (Å²) in [5.74, 6) is 2.61. The van der Waals surface area contributed by atoms with Gasteiger partial charge in [0.05, 0.1) is 18.8 Å². The first kappa shape index (κ1) is 14.6. The Morgan fingerprint density at radius 3 is 3.09 bits per heavy atom. The Hall–Kier alpha value is -2.33. The van der Waals surface area contributed by atoms with E-state index < -0.39 is 0 Å². The van der Waals surface area contributed by atoms with Crippen molar-refractivity contribution >= 4 is 17.1 Å². The number of imidazole rings is 1. The molecular weight excluding hydrogens is 282 g/mol. The molecule has 1 saturated heterocycles. The molecular formula is C15H19N5O2. The number of nitrogen functional groups attached to an aromatic ring is 1. The average Bonchev–Trinajstić information content (AvgIpc) is 3.03. The number of terminal acetylenes is 1. The van der Waals surface area contributed by atoms with E-state index >= 15 is 0 Å². The molecule has 2 unspecified atom stereocenters. The largest absolute Gasteiger partial charge is 0.368 e. The van der Waals surface area contributed by atoms with Gasteiger partial charge in [0, 0.05) is 0 Å². The number of nitrogens with zero attached hydrogens (tertiary/aromatic N) is 4. The Kier molecular flexibility index (Phi) is 3.86. The highest BCUT2D eigenvalue weighted by Crippen LogP contribution is 2.31. The van der Waals surface area contributed by atoms with Gasteiger partial charge in [0.25, 0.3) is 0 Å². The van der Waals surface area contributed by atoms with E-state index in [-0.39, 0.29) is 30.5 Å². The maximum atomic E-state index is 12.7. The summed E-state index contributed by atoms with van der Waals surface area (Å²) < 4.78 is 9.04. The van der Waals surface area contributed by atoms with Gasteiger partial charge in [0.2, 0.25) is 5.95 Å². The van der Waals surface area contributed by atoms with Gasteiger partial charge in [-0.1, -0.05) is 19.3 Å². The number of fused-ring (bicyclic) bond motifs is 1. The Bertz CT molecular complexity index is 786. The van der Waals surface area contributed by atoms with E-state index in [4.69, 9.17) is 16.9 Å². The smallest absolute Gasteiger partial charge is 0.333 e. The molecule has 2 aromatic rings. The van der Waals surface area contributed by atoms with Gasteiger partial charge in [-0.25, -0.2) is 14.3 Å². The van der Waals surface area contributed by atoms with Crippen LogP contribution in [-0.4, -0.2) is 25.2 Å². The molecule has 0 radical (unpaired) electrons. The third-order valence-electron chi connectivity index (χ3n) is 3.96. The fourth-order valence-corrected chi connectivity index (χ4v) is 2.99. The molecule has 22 heavy (non-hydrogen) atoms. The Morgan fingerprint density at radius 1 is 1.55 bits per heavy atom. The number of ether oxygens (including phenoxy) is 1. The summed E-state index contributed by atoms with van der Waals surface area (Å²) in [6.07, 6.45) is 10.5. The second kappa shape index (κ2) is 5.81. The fourth-order valence-electron chi connectivity index (χ4n) is 2.99. The summed E-state index contributed by atoms with van der Waals surface area (Å²) in [5, 5.41) is 0. The van der Waals surface area contributed by atoms with E-state index in [1.165, 1.54) is 10.8 Å². The monoisotopic (exact) mass is 301 g/mol. The second-order valence-electron chi connectivity index (χ2n) is 5.46. The first-order valence-electron chi connectivity index (χ1n) is 7.47. The molecule has 1 fully saturated rings. The predicted molar refractivity (Wildman–Crippen MR) is 83.1 cm³/mol. The van der Waals surface area contributed by atoms with E-state index in [1.54, 1.807) is 4.57 Å². The minimum absolute atomic E-state index is 0.127. The van der Waals surface area contributed by atoms with Crippen LogP contribution in [0.25, 0.3) is 11.2 Å². The molecule has 3 heterocycles. The van der Waals surface area contributed by atoms with E-state index in [1.807, 2.05) is 0 Å². The summed E-state index contributed by atoms with van der Waals surface area (Å²) in [7, 11) is 0. The minimum Gasteiger partial charge on any atom is -0.368 e. The van der Waals surface area contributed by atoms with Crippen molar-refractivity contribution in [3.8, 4) is 12.3 Å². The first-order chi connectivity index (χ1) is 10.7. The van der Waals surface area contributed by atoms with Crippen LogP contribution in [0, 0.1) is 12.3 Å². The van der Waals surface area contributed by atoms with E-state index in [0.717, 1.165) is 25.7 Å². The molecule has 2 atom stereocenters. The van der Waals surface area contributed by atoms with Crippen molar-refractivity contribution in [1.82, 2.24) is 19.1 Å². The van der Waals surface area contributed by atoms with E-state index in [0.29, 0.717) is 11.2 Å². The molecule has 1 aliphatic rings. The van der Waals surface area contributed by atoms with Crippen LogP contribution in [0.15, 0.2) is 11.0 Å². The number of aromatic nitrogens is 4. The third-order valence-corrected chi connectivity index (χ3v) is 3.96. The molecule has 2 N–H and O–H groups in total. The SMILES string of the molecule is C#CCn1c(=O)n(C2CCC(CCC)O2)c2nc(N)ncc21. The topological polar surface area (TPSA) is 88.0 Å². The zero-order valence-corrected chi connectivity index (χ0v) is 12.5. The van der Waals surface area contributed by atoms with Crippen molar-refractivity contribution in [1.29, 1.82) is 0 Å². The van der Waals surface area contributed by atoms with Gasteiger partial charge in [-0.05, 0) is 19.3 Å². The predicted octanol–water partition coefficient (Wildman–Crippen LogP) is 1.29. The van der Waals surface area contributed by atoms with Crippen LogP contribution in [0.2, 0.25) is 0 Å². The molecule has 0 saturated carbocycles. The zero-order chi connectivity index (χ0) is 15.7. The van der Waals surface area contributed by atoms with Gasteiger partial charge in [-0.15, -0.1) is 6.42 Å². The van der Waals surface area contributed by atoms with Crippen molar-refractivity contribution in [3.63, 3.8) is 0 Å². The second-order valence-corrected chi connectivity index (χ2v) is 5.46. The molecule has 0 bridgehead atoms. The van der Waals surface area contributed by atoms with Crippen LogP contribution in [0.4, 0.5) is 5.95 Å². The Balaban J connectivity index is 2.09. The molecule has 7 heteroatoms. The maximum Gasteiger partial charge on any atom is 0.333 e. The molecule has 116 valence electrons. The molecule has 1 aliphatic heterocycles. The summed E-state index contributed by atoms with van der Waals surface area (Å²) in [4.78, 5) is 20.9. The maximum absolute atomic E-state index is 12.7. The fraction of sp³-hybridized carbons (Fsp3) is 0.533. The number of anilines is 1. The summed E-state index contributed by atoms with van der Waals surface area (Å²) in [5.41, 5.74) is 6.51. The van der Waals surface area contributed by atoms with E-state index in [2.05, 4.69) is 22.8 Å². The van der Waals surface area contributed by atoms with Crippen molar-refractivity contribution in [2.24, 2.45) is 0 Å². The molecule has 0 spiro atoms. The standard InChI is InChI=1S/C15H19N5O2/c1-3-5-10-6-7-12(22-10)20-13-11(9-17-14(16)18-13)19(8-4-2)15(20)21/h2,9-10,12H,3,5-8H2,1H3,(H2,16,17,18). The Labute approximate surface area is 128 Å². The molecule has 0 aromatic carbocycles. The lowest BCUT2D eigenvalue weighted by Gasteiger charge is -2.14. The molecule has 7 nitrogen and oxygen atoms in total. The van der Waals surface area contributed by atoms with Crippen molar-refractivity contribution in [2.45, 2.75) is 51.5 Å². The summed E-state index contributed by atoms with van der Waals surface area (Å²) >= 11 is 0. The zero-order valence-electron chi connectivity index (χ0n) is 12.5. The number of hydrogen-bond acceptors (Lipinski definition) is 5. The lowest BCUT2D eigenvalue weighted by atomic mass is 10.1. The quantitative estimate of drug-likeness (QED) is 0.860. The molecule has 0 aliphatic carbocycles. The number of nitrogens with two attached hydrogens (primary N) is 1. The van der Waals surface area contributed by atoms with Crippen LogP contribution in [0.3, 0.4) is 0 Å². The van der Waals surface area contributed by atoms with E-state index in [9.17, 15) is 4.79 Å². The van der Waals surface area contributed by atoms with Crippen LogP contribution in [0.1, 0.15) is 38.8 Å². The van der Waals surface area contributed by atoms with Gasteiger partial charge in [0.15, 0.2) is 5.65 Å². The average molecular weight is 301 g/mol. The van der Waals surface area contributed by atoms with Gasteiger partial charge >= 0.3 is 5.69 Å². The summed E-state index contributed by atoms with van der Waals surface area (Å²) in [6.45, 7) is 2.29. The van der Waals surface area contributed by atoms with Crippen LogP contribution in [0.5, 0.6) is 0 Å². The Morgan fingerprint density at radius 2 is 2.36 bits per heavy atom. The molecule has 2 aromatic heterocycles. The van der Waals surface area contributed by atoms with Crippen molar-refractivity contribution in [3.05, 3.63) is 16.7 Å². The number of rotatable bonds is 4. The highest BCUT2D eigenvalue weighted by molar-refractivity contribution is 5.72. The van der Waals surface area contributed by atoms with Crippen LogP contribution < -0.4 is 11.4 Å². The third kappa shape index (κ3) is 2.35. The normalized spacial score (nSPS) is 21.3. The highest BCUT2D eigenvalue weighted by atomic mass is 16.5. The lowest BCUT2D eigenvalue weighted by molar-refractivity contribution is -0.00160. The van der Waals surface area contributed by atoms with Crippen molar-refractivity contribution in [2.75, 3.05) is 5.73 Å². The molecule has 0 amide bonds. The van der Waals surface area contributed by atoms with Gasteiger partial charge in [0.1, 0.15) is 11.7 Å². The van der Waals surface area contributed by atoms with Crippen LogP contribution in [-0.2, 0) is 11.3 Å². The van der Waals surface area contributed by atoms with Gasteiger partial charge in [-0.3, -0.25) is 4.57 Å². The molecule has 3 rings (SSSR count). The summed E-state index contributed by atoms with van der Waals surface area (Å²) in [6, 6.07) is 0. The van der Waals surface area contributed by atoms with Gasteiger partial charge < -0.3 is 10.5 Å². The van der Waals surface area contributed by atoms with Crippen LogP contribution >= 0.6 is 0 Å². The minimum atomic E-state index is -0.320. The highest BCUT2D eigenvalue weighted by Gasteiger charge is 2.30. The van der Waals surface area contributed by atoms with Gasteiger partial charge in [-0.2, -0.15) is 4.98 Å².